The van der Waals surface area contributed by atoms with Gasteiger partial charge in [-0.15, -0.1) is 0 Å². The summed E-state index contributed by atoms with van der Waals surface area (Å²) in [7, 11) is 0.900. The minimum atomic E-state index is -2.43. The predicted octanol–water partition coefficient (Wildman–Crippen LogP) is 2.32. The standard InChI is InChI=1S/C9H18O3Si/c1-4-12-13(10-2,11-3)9-7-5-6-8-9/h4,9H,1,5-8H2,2-3H3. The molecule has 0 amide bonds. The Labute approximate surface area is 81.1 Å². The quantitative estimate of drug-likeness (QED) is 0.506. The summed E-state index contributed by atoms with van der Waals surface area (Å²) in [6.07, 6.45) is 6.26. The van der Waals surface area contributed by atoms with E-state index < -0.39 is 8.80 Å². The summed E-state index contributed by atoms with van der Waals surface area (Å²) in [6.45, 7) is 3.57. The van der Waals surface area contributed by atoms with Gasteiger partial charge >= 0.3 is 8.80 Å². The van der Waals surface area contributed by atoms with Crippen molar-refractivity contribution in [2.75, 3.05) is 14.2 Å². The SMILES string of the molecule is C=CO[Si](OC)(OC)C1CCCC1. The molecule has 4 heteroatoms. The van der Waals surface area contributed by atoms with E-state index in [1.807, 2.05) is 0 Å². The molecule has 1 fully saturated rings. The Morgan fingerprint density at radius 1 is 1.23 bits per heavy atom. The maximum Gasteiger partial charge on any atom is 0.568 e. The van der Waals surface area contributed by atoms with Crippen LogP contribution in [0.15, 0.2) is 12.8 Å². The molecule has 0 bridgehead atoms. The fourth-order valence-electron chi connectivity index (χ4n) is 2.00. The Balaban J connectivity index is 2.67. The molecule has 0 aromatic heterocycles. The van der Waals surface area contributed by atoms with Crippen molar-refractivity contribution in [3.63, 3.8) is 0 Å². The molecule has 0 radical (unpaired) electrons. The zero-order valence-corrected chi connectivity index (χ0v) is 9.41. The van der Waals surface area contributed by atoms with Gasteiger partial charge in [0.25, 0.3) is 0 Å². The smallest absolute Gasteiger partial charge is 0.508 e. The topological polar surface area (TPSA) is 27.7 Å². The van der Waals surface area contributed by atoms with E-state index in [1.165, 1.54) is 19.1 Å². The molecule has 0 aromatic rings. The second-order valence-electron chi connectivity index (χ2n) is 3.28. The highest BCUT2D eigenvalue weighted by Gasteiger charge is 2.50. The molecular weight excluding hydrogens is 184 g/mol. The highest BCUT2D eigenvalue weighted by atomic mass is 28.4. The number of hydrogen-bond acceptors (Lipinski definition) is 3. The molecular formula is C9H18O3Si. The lowest BCUT2D eigenvalue weighted by Gasteiger charge is -2.29. The summed E-state index contributed by atoms with van der Waals surface area (Å²) in [5, 5.41) is 0. The third-order valence-electron chi connectivity index (χ3n) is 2.67. The molecule has 76 valence electrons. The van der Waals surface area contributed by atoms with Crippen molar-refractivity contribution >= 4 is 8.80 Å². The van der Waals surface area contributed by atoms with E-state index in [9.17, 15) is 0 Å². The molecule has 0 atom stereocenters. The summed E-state index contributed by atoms with van der Waals surface area (Å²) in [5.41, 5.74) is 0.459. The summed E-state index contributed by atoms with van der Waals surface area (Å²) < 4.78 is 16.3. The molecule has 0 spiro atoms. The monoisotopic (exact) mass is 202 g/mol. The van der Waals surface area contributed by atoms with Crippen molar-refractivity contribution < 1.29 is 13.3 Å². The van der Waals surface area contributed by atoms with Crippen LogP contribution < -0.4 is 0 Å². The van der Waals surface area contributed by atoms with Crippen LogP contribution in [0.25, 0.3) is 0 Å². The second kappa shape index (κ2) is 4.79. The van der Waals surface area contributed by atoms with E-state index in [0.29, 0.717) is 5.54 Å². The molecule has 0 saturated heterocycles. The lowest BCUT2D eigenvalue weighted by atomic mass is 10.4. The van der Waals surface area contributed by atoms with Gasteiger partial charge in [-0.25, -0.2) is 0 Å². The van der Waals surface area contributed by atoms with Crippen LogP contribution in [-0.2, 0) is 13.3 Å². The van der Waals surface area contributed by atoms with Crippen molar-refractivity contribution in [3.05, 3.63) is 12.8 Å². The van der Waals surface area contributed by atoms with Crippen LogP contribution in [0.1, 0.15) is 25.7 Å². The van der Waals surface area contributed by atoms with E-state index in [1.54, 1.807) is 14.2 Å². The molecule has 1 aliphatic rings. The highest BCUT2D eigenvalue weighted by molar-refractivity contribution is 6.62. The Hall–Kier alpha value is -0.323. The largest absolute Gasteiger partial charge is 0.568 e. The lowest BCUT2D eigenvalue weighted by molar-refractivity contribution is 0.128. The fourth-order valence-corrected chi connectivity index (χ4v) is 4.57. The number of rotatable bonds is 5. The highest BCUT2D eigenvalue weighted by Crippen LogP contribution is 2.39. The Bertz CT molecular complexity index is 162. The van der Waals surface area contributed by atoms with Gasteiger partial charge in [0.15, 0.2) is 0 Å². The van der Waals surface area contributed by atoms with Crippen LogP contribution >= 0.6 is 0 Å². The molecule has 13 heavy (non-hydrogen) atoms. The summed E-state index contributed by atoms with van der Waals surface area (Å²) in [5.74, 6) is 0. The molecule has 0 heterocycles. The lowest BCUT2D eigenvalue weighted by Crippen LogP contribution is -2.46. The zero-order valence-electron chi connectivity index (χ0n) is 8.41. The average Bonchev–Trinajstić information content (AvgIpc) is 2.68. The molecule has 1 saturated carbocycles. The van der Waals surface area contributed by atoms with Crippen molar-refractivity contribution in [2.24, 2.45) is 0 Å². The van der Waals surface area contributed by atoms with Gasteiger partial charge in [-0.3, -0.25) is 0 Å². The van der Waals surface area contributed by atoms with Gasteiger partial charge < -0.3 is 13.3 Å². The van der Waals surface area contributed by atoms with Crippen LogP contribution in [0.3, 0.4) is 0 Å². The molecule has 0 unspecified atom stereocenters. The molecule has 1 rings (SSSR count). The Kier molecular flexibility index (Phi) is 3.96. The van der Waals surface area contributed by atoms with E-state index in [2.05, 4.69) is 6.58 Å². The van der Waals surface area contributed by atoms with Crippen molar-refractivity contribution in [2.45, 2.75) is 31.2 Å². The molecule has 0 N–H and O–H groups in total. The third-order valence-corrected chi connectivity index (χ3v) is 5.88. The van der Waals surface area contributed by atoms with E-state index >= 15 is 0 Å². The minimum absolute atomic E-state index is 0.459. The maximum atomic E-state index is 5.47. The van der Waals surface area contributed by atoms with Gasteiger partial charge in [0.1, 0.15) is 0 Å². The molecule has 1 aliphatic carbocycles. The van der Waals surface area contributed by atoms with Gasteiger partial charge in [-0.05, 0) is 12.8 Å². The summed E-state index contributed by atoms with van der Waals surface area (Å²) >= 11 is 0. The first-order chi connectivity index (χ1) is 6.29. The fraction of sp³-hybridized carbons (Fsp3) is 0.778. The maximum absolute atomic E-state index is 5.47. The predicted molar refractivity (Wildman–Crippen MR) is 53.3 cm³/mol. The third kappa shape index (κ3) is 2.13. The zero-order chi connectivity index (χ0) is 9.73. The average molecular weight is 202 g/mol. The van der Waals surface area contributed by atoms with Crippen molar-refractivity contribution in [1.29, 1.82) is 0 Å². The Morgan fingerprint density at radius 3 is 2.15 bits per heavy atom. The first-order valence-electron chi connectivity index (χ1n) is 4.68. The van der Waals surface area contributed by atoms with Crippen LogP contribution in [0.5, 0.6) is 0 Å². The first kappa shape index (κ1) is 10.8. The van der Waals surface area contributed by atoms with Crippen molar-refractivity contribution in [3.8, 4) is 0 Å². The first-order valence-corrected chi connectivity index (χ1v) is 6.48. The van der Waals surface area contributed by atoms with Gasteiger partial charge in [-0.1, -0.05) is 19.4 Å². The van der Waals surface area contributed by atoms with Crippen LogP contribution in [-0.4, -0.2) is 23.0 Å². The molecule has 0 aromatic carbocycles. The van der Waals surface area contributed by atoms with Crippen LogP contribution in [0.4, 0.5) is 0 Å². The van der Waals surface area contributed by atoms with E-state index in [4.69, 9.17) is 13.3 Å². The van der Waals surface area contributed by atoms with Crippen molar-refractivity contribution in [1.82, 2.24) is 0 Å². The van der Waals surface area contributed by atoms with Crippen LogP contribution in [0.2, 0.25) is 5.54 Å². The number of hydrogen-bond donors (Lipinski definition) is 0. The molecule has 3 nitrogen and oxygen atoms in total. The van der Waals surface area contributed by atoms with Gasteiger partial charge in [0, 0.05) is 19.8 Å². The van der Waals surface area contributed by atoms with Gasteiger partial charge in [0.2, 0.25) is 0 Å². The normalized spacial score (nSPS) is 18.9. The van der Waals surface area contributed by atoms with Crippen LogP contribution in [0, 0.1) is 0 Å². The van der Waals surface area contributed by atoms with E-state index in [-0.39, 0.29) is 0 Å². The Morgan fingerprint density at radius 2 is 1.77 bits per heavy atom. The molecule has 0 aliphatic heterocycles. The summed E-state index contributed by atoms with van der Waals surface area (Å²) in [6, 6.07) is 0. The van der Waals surface area contributed by atoms with E-state index in [0.717, 1.165) is 12.8 Å². The van der Waals surface area contributed by atoms with Gasteiger partial charge in [-0.2, -0.15) is 0 Å². The summed E-state index contributed by atoms with van der Waals surface area (Å²) in [4.78, 5) is 0. The second-order valence-corrected chi connectivity index (χ2v) is 6.35. The van der Waals surface area contributed by atoms with Gasteiger partial charge in [0.05, 0.1) is 6.26 Å². The minimum Gasteiger partial charge on any atom is -0.508 e.